The summed E-state index contributed by atoms with van der Waals surface area (Å²) < 4.78 is 66.6. The number of hydrogen-bond donors (Lipinski definition) is 0. The van der Waals surface area contributed by atoms with Crippen LogP contribution in [0, 0.1) is 0 Å². The van der Waals surface area contributed by atoms with Crippen LogP contribution in [0.3, 0.4) is 0 Å². The van der Waals surface area contributed by atoms with Crippen LogP contribution >= 0.6 is 31.9 Å². The van der Waals surface area contributed by atoms with E-state index in [1.165, 1.54) is 35.0 Å². The molecule has 30 heavy (non-hydrogen) atoms. The number of ether oxygens (including phenoxy) is 2. The lowest BCUT2D eigenvalue weighted by molar-refractivity contribution is 0.271. The lowest BCUT2D eigenvalue weighted by Gasteiger charge is -2.33. The van der Waals surface area contributed by atoms with Crippen LogP contribution in [0.4, 0.5) is 0 Å². The second kappa shape index (κ2) is 9.13. The Morgan fingerprint density at radius 3 is 1.33 bits per heavy atom. The van der Waals surface area contributed by atoms with Crippen molar-refractivity contribution in [1.82, 2.24) is 8.61 Å². The zero-order valence-corrected chi connectivity index (χ0v) is 21.0. The summed E-state index contributed by atoms with van der Waals surface area (Å²) in [5.41, 5.74) is 0. The first-order valence-electron chi connectivity index (χ1n) is 8.78. The van der Waals surface area contributed by atoms with Crippen molar-refractivity contribution in [3.8, 4) is 11.5 Å². The normalized spacial score (nSPS) is 16.4. The molecule has 0 unspecified atom stereocenters. The van der Waals surface area contributed by atoms with Gasteiger partial charge >= 0.3 is 0 Å². The Hall–Kier alpha value is -1.18. The number of benzene rings is 2. The molecule has 0 saturated carbocycles. The molecule has 0 amide bonds. The quantitative estimate of drug-likeness (QED) is 0.519. The topological polar surface area (TPSA) is 93.2 Å². The van der Waals surface area contributed by atoms with Crippen molar-refractivity contribution in [2.45, 2.75) is 9.79 Å². The van der Waals surface area contributed by atoms with Gasteiger partial charge in [-0.25, -0.2) is 16.8 Å². The largest absolute Gasteiger partial charge is 0.495 e. The first-order chi connectivity index (χ1) is 14.1. The Balaban J connectivity index is 1.84. The maximum Gasteiger partial charge on any atom is 0.246 e. The zero-order valence-electron chi connectivity index (χ0n) is 16.2. The van der Waals surface area contributed by atoms with E-state index in [-0.39, 0.29) is 47.5 Å². The van der Waals surface area contributed by atoms with Crippen LogP contribution in [0.5, 0.6) is 11.5 Å². The smallest absolute Gasteiger partial charge is 0.246 e. The third-order valence-electron chi connectivity index (χ3n) is 4.68. The molecule has 1 aliphatic heterocycles. The van der Waals surface area contributed by atoms with E-state index in [0.717, 1.165) is 0 Å². The minimum absolute atomic E-state index is 0.0214. The fourth-order valence-electron chi connectivity index (χ4n) is 3.13. The molecule has 1 aliphatic rings. The molecular formula is C18H20Br2N2O6S2. The standard InChI is InChI=1S/C18H20Br2N2O6S2/c1-27-15-5-3-13(19)11-17(15)29(23,24)21-7-9-22(10-8-21)30(25,26)18-12-14(20)4-6-16(18)28-2/h3-6,11-12H,7-10H2,1-2H3. The predicted octanol–water partition coefficient (Wildman–Crippen LogP) is 2.92. The van der Waals surface area contributed by atoms with Gasteiger partial charge in [0.05, 0.1) is 14.2 Å². The highest BCUT2D eigenvalue weighted by atomic mass is 79.9. The van der Waals surface area contributed by atoms with E-state index in [2.05, 4.69) is 31.9 Å². The minimum atomic E-state index is -3.86. The summed E-state index contributed by atoms with van der Waals surface area (Å²) in [6.07, 6.45) is 0. The third-order valence-corrected chi connectivity index (χ3v) is 9.51. The van der Waals surface area contributed by atoms with Crippen LogP contribution in [0.15, 0.2) is 55.1 Å². The molecular weight excluding hydrogens is 564 g/mol. The number of nitrogens with zero attached hydrogens (tertiary/aromatic N) is 2. The van der Waals surface area contributed by atoms with Gasteiger partial charge in [0, 0.05) is 35.1 Å². The summed E-state index contributed by atoms with van der Waals surface area (Å²) in [6, 6.07) is 9.46. The van der Waals surface area contributed by atoms with Gasteiger partial charge in [0.15, 0.2) is 0 Å². The van der Waals surface area contributed by atoms with E-state index in [0.29, 0.717) is 8.95 Å². The van der Waals surface area contributed by atoms with Crippen molar-refractivity contribution in [2.75, 3.05) is 40.4 Å². The molecule has 1 fully saturated rings. The second-order valence-corrected chi connectivity index (χ2v) is 12.0. The number of piperazine rings is 1. The first kappa shape index (κ1) is 23.5. The van der Waals surface area contributed by atoms with E-state index in [1.807, 2.05) is 0 Å². The Morgan fingerprint density at radius 2 is 1.03 bits per heavy atom. The third kappa shape index (κ3) is 4.53. The van der Waals surface area contributed by atoms with E-state index >= 15 is 0 Å². The van der Waals surface area contributed by atoms with Crippen molar-refractivity contribution in [3.63, 3.8) is 0 Å². The van der Waals surface area contributed by atoms with Crippen molar-refractivity contribution < 1.29 is 26.3 Å². The number of methoxy groups -OCH3 is 2. The van der Waals surface area contributed by atoms with Gasteiger partial charge in [0.2, 0.25) is 20.0 Å². The highest BCUT2D eigenvalue weighted by molar-refractivity contribution is 9.10. The maximum absolute atomic E-state index is 13.1. The molecule has 0 N–H and O–H groups in total. The second-order valence-electron chi connectivity index (χ2n) is 6.40. The maximum atomic E-state index is 13.1. The molecule has 0 bridgehead atoms. The van der Waals surface area contributed by atoms with Gasteiger partial charge in [-0.3, -0.25) is 0 Å². The molecule has 2 aromatic carbocycles. The monoisotopic (exact) mass is 582 g/mol. The zero-order chi connectivity index (χ0) is 22.1. The number of hydrogen-bond acceptors (Lipinski definition) is 6. The lowest BCUT2D eigenvalue weighted by Crippen LogP contribution is -2.50. The Kier molecular flexibility index (Phi) is 7.15. The van der Waals surface area contributed by atoms with E-state index in [4.69, 9.17) is 9.47 Å². The van der Waals surface area contributed by atoms with E-state index in [1.54, 1.807) is 24.3 Å². The fraction of sp³-hybridized carbons (Fsp3) is 0.333. The van der Waals surface area contributed by atoms with Gasteiger partial charge in [-0.15, -0.1) is 0 Å². The number of rotatable bonds is 6. The molecule has 1 heterocycles. The van der Waals surface area contributed by atoms with Gasteiger partial charge in [0.25, 0.3) is 0 Å². The average Bonchev–Trinajstić information content (AvgIpc) is 2.73. The molecule has 2 aromatic rings. The molecule has 0 aliphatic carbocycles. The van der Waals surface area contributed by atoms with Crippen molar-refractivity contribution in [1.29, 1.82) is 0 Å². The summed E-state index contributed by atoms with van der Waals surface area (Å²) >= 11 is 6.56. The summed E-state index contributed by atoms with van der Waals surface area (Å²) in [5, 5.41) is 0. The molecule has 0 atom stereocenters. The molecule has 0 spiro atoms. The van der Waals surface area contributed by atoms with Crippen LogP contribution in [0.25, 0.3) is 0 Å². The SMILES string of the molecule is COc1ccc(Br)cc1S(=O)(=O)N1CCN(S(=O)(=O)c2cc(Br)ccc2OC)CC1. The average molecular weight is 584 g/mol. The fourth-order valence-corrected chi connectivity index (χ4v) is 7.37. The highest BCUT2D eigenvalue weighted by Crippen LogP contribution is 2.33. The molecule has 8 nitrogen and oxygen atoms in total. The van der Waals surface area contributed by atoms with Crippen LogP contribution in [-0.4, -0.2) is 65.8 Å². The number of halogens is 2. The van der Waals surface area contributed by atoms with Crippen molar-refractivity contribution in [3.05, 3.63) is 45.3 Å². The Morgan fingerprint density at radius 1 is 0.700 bits per heavy atom. The molecule has 3 rings (SSSR count). The molecule has 1 saturated heterocycles. The minimum Gasteiger partial charge on any atom is -0.495 e. The van der Waals surface area contributed by atoms with Crippen molar-refractivity contribution >= 4 is 51.9 Å². The van der Waals surface area contributed by atoms with Gasteiger partial charge in [-0.1, -0.05) is 31.9 Å². The molecule has 164 valence electrons. The lowest BCUT2D eigenvalue weighted by atomic mass is 10.3. The molecule has 12 heteroatoms. The first-order valence-corrected chi connectivity index (χ1v) is 13.2. The van der Waals surface area contributed by atoms with E-state index < -0.39 is 20.0 Å². The molecule has 0 aromatic heterocycles. The van der Waals surface area contributed by atoms with Crippen molar-refractivity contribution in [2.24, 2.45) is 0 Å². The van der Waals surface area contributed by atoms with Gasteiger partial charge < -0.3 is 9.47 Å². The van der Waals surface area contributed by atoms with Crippen LogP contribution in [0.1, 0.15) is 0 Å². The highest BCUT2D eigenvalue weighted by Gasteiger charge is 2.36. The van der Waals surface area contributed by atoms with Crippen LogP contribution in [0.2, 0.25) is 0 Å². The van der Waals surface area contributed by atoms with E-state index in [9.17, 15) is 16.8 Å². The van der Waals surface area contributed by atoms with Gasteiger partial charge in [-0.05, 0) is 36.4 Å². The predicted molar refractivity (Wildman–Crippen MR) is 119 cm³/mol. The number of sulfonamides is 2. The summed E-state index contributed by atoms with van der Waals surface area (Å²) in [4.78, 5) is 0.0636. The van der Waals surface area contributed by atoms with Crippen LogP contribution < -0.4 is 9.47 Å². The summed E-state index contributed by atoms with van der Waals surface area (Å²) in [6.45, 7) is 0.0855. The Labute approximate surface area is 193 Å². The van der Waals surface area contributed by atoms with Crippen LogP contribution in [-0.2, 0) is 20.0 Å². The summed E-state index contributed by atoms with van der Waals surface area (Å²) in [5.74, 6) is 0.458. The Bertz CT molecular complexity index is 1060. The van der Waals surface area contributed by atoms with Gasteiger partial charge in [-0.2, -0.15) is 8.61 Å². The molecule has 0 radical (unpaired) electrons. The van der Waals surface area contributed by atoms with Gasteiger partial charge in [0.1, 0.15) is 21.3 Å². The summed E-state index contributed by atoms with van der Waals surface area (Å²) in [7, 11) is -4.91.